The number of hydrogen-bond donors (Lipinski definition) is 0. The number of imide groups is 1. The lowest BCUT2D eigenvalue weighted by atomic mass is 10.3. The largest absolute Gasteiger partial charge is 0.351 e. The Labute approximate surface area is 97.9 Å². The summed E-state index contributed by atoms with van der Waals surface area (Å²) in [5.74, 6) is -0.196. The van der Waals surface area contributed by atoms with Crippen LogP contribution < -0.4 is 0 Å². The Balaban J connectivity index is 2.31. The van der Waals surface area contributed by atoms with Crippen molar-refractivity contribution in [2.75, 3.05) is 6.54 Å². The SMILES string of the molecule is CCN1C(=O)S/C(=C/c2cccn2C)C1=O. The number of carbonyl (C=O) groups excluding carboxylic acids is 2. The highest BCUT2D eigenvalue weighted by atomic mass is 32.2. The predicted octanol–water partition coefficient (Wildman–Crippen LogP) is 2.08. The summed E-state index contributed by atoms with van der Waals surface area (Å²) in [4.78, 5) is 25.0. The van der Waals surface area contributed by atoms with Crippen LogP contribution >= 0.6 is 11.8 Å². The van der Waals surface area contributed by atoms with E-state index >= 15 is 0 Å². The van der Waals surface area contributed by atoms with Crippen LogP contribution in [-0.2, 0) is 11.8 Å². The van der Waals surface area contributed by atoms with E-state index in [0.29, 0.717) is 11.4 Å². The van der Waals surface area contributed by atoms with E-state index in [9.17, 15) is 9.59 Å². The molecule has 1 aromatic heterocycles. The highest BCUT2D eigenvalue weighted by Crippen LogP contribution is 2.31. The summed E-state index contributed by atoms with van der Waals surface area (Å²) in [6.45, 7) is 2.22. The molecule has 4 nitrogen and oxygen atoms in total. The molecule has 0 radical (unpaired) electrons. The van der Waals surface area contributed by atoms with Gasteiger partial charge in [0.25, 0.3) is 11.1 Å². The minimum absolute atomic E-state index is 0.187. The number of carbonyl (C=O) groups is 2. The monoisotopic (exact) mass is 236 g/mol. The zero-order valence-electron chi connectivity index (χ0n) is 9.14. The van der Waals surface area contributed by atoms with Gasteiger partial charge in [0, 0.05) is 25.5 Å². The topological polar surface area (TPSA) is 42.3 Å². The van der Waals surface area contributed by atoms with Gasteiger partial charge in [0.15, 0.2) is 0 Å². The van der Waals surface area contributed by atoms with E-state index < -0.39 is 0 Å². The normalized spacial score (nSPS) is 18.9. The van der Waals surface area contributed by atoms with Gasteiger partial charge < -0.3 is 4.57 Å². The van der Waals surface area contributed by atoms with Gasteiger partial charge in [-0.1, -0.05) is 0 Å². The summed E-state index contributed by atoms with van der Waals surface area (Å²) in [6.07, 6.45) is 3.65. The number of rotatable bonds is 2. The first-order valence-corrected chi connectivity index (χ1v) is 5.82. The molecule has 0 N–H and O–H groups in total. The lowest BCUT2D eigenvalue weighted by Gasteiger charge is -2.06. The van der Waals surface area contributed by atoms with E-state index in [1.54, 1.807) is 13.0 Å². The Morgan fingerprint density at radius 2 is 2.19 bits per heavy atom. The van der Waals surface area contributed by atoms with Crippen LogP contribution in [0.4, 0.5) is 4.79 Å². The molecule has 0 bridgehead atoms. The summed E-state index contributed by atoms with van der Waals surface area (Å²) in [6, 6.07) is 3.80. The summed E-state index contributed by atoms with van der Waals surface area (Å²) in [7, 11) is 1.90. The molecule has 16 heavy (non-hydrogen) atoms. The molecule has 2 amide bonds. The van der Waals surface area contributed by atoms with E-state index in [4.69, 9.17) is 0 Å². The Hall–Kier alpha value is -1.49. The Kier molecular flexibility index (Phi) is 2.87. The van der Waals surface area contributed by atoms with Crippen LogP contribution in [0.15, 0.2) is 23.2 Å². The fourth-order valence-electron chi connectivity index (χ4n) is 1.53. The van der Waals surface area contributed by atoms with Crippen molar-refractivity contribution in [1.82, 2.24) is 9.47 Å². The van der Waals surface area contributed by atoms with Crippen LogP contribution in [0.25, 0.3) is 6.08 Å². The Morgan fingerprint density at radius 1 is 1.44 bits per heavy atom. The van der Waals surface area contributed by atoms with Crippen LogP contribution in [0.3, 0.4) is 0 Å². The van der Waals surface area contributed by atoms with Crippen molar-refractivity contribution >= 4 is 29.0 Å². The lowest BCUT2D eigenvalue weighted by molar-refractivity contribution is -0.122. The third kappa shape index (κ3) is 1.78. The van der Waals surface area contributed by atoms with Crippen LogP contribution in [0.1, 0.15) is 12.6 Å². The number of aromatic nitrogens is 1. The molecule has 2 heterocycles. The van der Waals surface area contributed by atoms with Gasteiger partial charge >= 0.3 is 0 Å². The second-order valence-corrected chi connectivity index (χ2v) is 4.46. The smallest absolute Gasteiger partial charge is 0.293 e. The number of likely N-dealkylation sites (N-methyl/N-ethyl adjacent to an activating group) is 1. The number of thioether (sulfide) groups is 1. The number of aryl methyl sites for hydroxylation is 1. The molecule has 0 saturated carbocycles. The van der Waals surface area contributed by atoms with Gasteiger partial charge in [0.05, 0.1) is 4.91 Å². The quantitative estimate of drug-likeness (QED) is 0.738. The second kappa shape index (κ2) is 4.17. The summed E-state index contributed by atoms with van der Waals surface area (Å²) in [5.41, 5.74) is 0.918. The first kappa shape index (κ1) is 11.0. The number of nitrogens with zero attached hydrogens (tertiary/aromatic N) is 2. The van der Waals surface area contributed by atoms with Gasteiger partial charge in [-0.3, -0.25) is 14.5 Å². The highest BCUT2D eigenvalue weighted by molar-refractivity contribution is 8.18. The molecule has 1 aromatic rings. The molecule has 0 aliphatic carbocycles. The summed E-state index contributed by atoms with van der Waals surface area (Å²) >= 11 is 0.999. The molecule has 5 heteroatoms. The zero-order valence-corrected chi connectivity index (χ0v) is 9.95. The maximum atomic E-state index is 11.8. The molecule has 0 spiro atoms. The van der Waals surface area contributed by atoms with E-state index in [2.05, 4.69) is 0 Å². The minimum Gasteiger partial charge on any atom is -0.351 e. The molecule has 1 saturated heterocycles. The number of amides is 2. The fraction of sp³-hybridized carbons (Fsp3) is 0.273. The van der Waals surface area contributed by atoms with Crippen LogP contribution in [-0.4, -0.2) is 27.2 Å². The van der Waals surface area contributed by atoms with Crippen molar-refractivity contribution in [2.45, 2.75) is 6.92 Å². The van der Waals surface area contributed by atoms with Crippen LogP contribution in [0.2, 0.25) is 0 Å². The second-order valence-electron chi connectivity index (χ2n) is 3.47. The maximum Gasteiger partial charge on any atom is 0.293 e. The molecule has 2 rings (SSSR count). The molecule has 84 valence electrons. The first-order valence-electron chi connectivity index (χ1n) is 5.00. The van der Waals surface area contributed by atoms with Crippen molar-refractivity contribution in [3.05, 3.63) is 28.9 Å². The van der Waals surface area contributed by atoms with Crippen molar-refractivity contribution < 1.29 is 9.59 Å². The van der Waals surface area contributed by atoms with Crippen LogP contribution in [0, 0.1) is 0 Å². The Bertz CT molecular complexity index is 476. The van der Waals surface area contributed by atoms with Gasteiger partial charge in [-0.15, -0.1) is 0 Å². The van der Waals surface area contributed by atoms with E-state index in [-0.39, 0.29) is 11.1 Å². The number of hydrogen-bond acceptors (Lipinski definition) is 3. The minimum atomic E-state index is -0.196. The molecular formula is C11H12N2O2S. The highest BCUT2D eigenvalue weighted by Gasteiger charge is 2.33. The third-order valence-corrected chi connectivity index (χ3v) is 3.36. The maximum absolute atomic E-state index is 11.8. The van der Waals surface area contributed by atoms with E-state index in [1.807, 2.05) is 29.9 Å². The molecule has 1 aliphatic rings. The van der Waals surface area contributed by atoms with Gasteiger partial charge in [-0.2, -0.15) is 0 Å². The fourth-order valence-corrected chi connectivity index (χ4v) is 2.42. The Morgan fingerprint density at radius 3 is 2.69 bits per heavy atom. The molecule has 0 unspecified atom stereocenters. The first-order chi connectivity index (χ1) is 7.63. The lowest BCUT2D eigenvalue weighted by Crippen LogP contribution is -2.27. The third-order valence-electron chi connectivity index (χ3n) is 2.45. The molecule has 1 fully saturated rings. The van der Waals surface area contributed by atoms with Crippen molar-refractivity contribution in [1.29, 1.82) is 0 Å². The average molecular weight is 236 g/mol. The van der Waals surface area contributed by atoms with Crippen LogP contribution in [0.5, 0.6) is 0 Å². The van der Waals surface area contributed by atoms with Crippen molar-refractivity contribution in [3.8, 4) is 0 Å². The summed E-state index contributed by atoms with van der Waals surface area (Å²) in [5, 5.41) is -0.187. The predicted molar refractivity (Wildman–Crippen MR) is 63.8 cm³/mol. The van der Waals surface area contributed by atoms with Gasteiger partial charge in [0.1, 0.15) is 0 Å². The van der Waals surface area contributed by atoms with Crippen molar-refractivity contribution in [3.63, 3.8) is 0 Å². The van der Waals surface area contributed by atoms with Gasteiger partial charge in [-0.25, -0.2) is 0 Å². The van der Waals surface area contributed by atoms with Crippen molar-refractivity contribution in [2.24, 2.45) is 7.05 Å². The van der Waals surface area contributed by atoms with Gasteiger partial charge in [0.2, 0.25) is 0 Å². The average Bonchev–Trinajstić information content (AvgIpc) is 2.74. The van der Waals surface area contributed by atoms with E-state index in [1.165, 1.54) is 4.90 Å². The standard InChI is InChI=1S/C11H12N2O2S/c1-3-13-10(14)9(16-11(13)15)7-8-5-4-6-12(8)2/h4-7H,3H2,1-2H3/b9-7+. The van der Waals surface area contributed by atoms with E-state index in [0.717, 1.165) is 17.5 Å². The summed E-state index contributed by atoms with van der Waals surface area (Å²) < 4.78 is 1.90. The molecular weight excluding hydrogens is 224 g/mol. The van der Waals surface area contributed by atoms with Gasteiger partial charge in [-0.05, 0) is 36.9 Å². The molecule has 0 aromatic carbocycles. The zero-order chi connectivity index (χ0) is 11.7. The molecule has 1 aliphatic heterocycles. The molecule has 0 atom stereocenters.